The molecule has 1 atom stereocenters. The first-order valence-corrected chi connectivity index (χ1v) is 4.57. The maximum Gasteiger partial charge on any atom is 0.245 e. The minimum atomic E-state index is 0.0324. The van der Waals surface area contributed by atoms with Crippen LogP contribution in [0.2, 0.25) is 0 Å². The van der Waals surface area contributed by atoms with Gasteiger partial charge in [0, 0.05) is 18.5 Å². The fraction of sp³-hybridized carbons (Fsp3) is 0.545. The third kappa shape index (κ3) is 1.82. The quantitative estimate of drug-likeness (QED) is 0.469. The Morgan fingerprint density at radius 2 is 2.23 bits per heavy atom. The number of carbonyl (C=O) groups excluding carboxylic acids is 1. The first-order valence-electron chi connectivity index (χ1n) is 4.57. The second-order valence-electron chi connectivity index (χ2n) is 4.05. The van der Waals surface area contributed by atoms with E-state index < -0.39 is 0 Å². The Bertz CT molecular complexity index is 257. The van der Waals surface area contributed by atoms with Crippen molar-refractivity contribution in [1.29, 1.82) is 0 Å². The van der Waals surface area contributed by atoms with Crippen LogP contribution in [0.15, 0.2) is 24.8 Å². The van der Waals surface area contributed by atoms with Crippen molar-refractivity contribution in [2.75, 3.05) is 13.1 Å². The van der Waals surface area contributed by atoms with Crippen molar-refractivity contribution in [2.45, 2.75) is 20.3 Å². The summed E-state index contributed by atoms with van der Waals surface area (Å²) >= 11 is 0. The largest absolute Gasteiger partial charge is 0.338 e. The molecule has 1 aliphatic heterocycles. The SMILES string of the molecule is C=CC(=O)N1CC[C@](C)(C(=C)C)C1. The van der Waals surface area contributed by atoms with Crippen molar-refractivity contribution >= 4 is 5.91 Å². The van der Waals surface area contributed by atoms with Crippen molar-refractivity contribution in [3.63, 3.8) is 0 Å². The van der Waals surface area contributed by atoms with E-state index in [-0.39, 0.29) is 11.3 Å². The van der Waals surface area contributed by atoms with Crippen molar-refractivity contribution in [2.24, 2.45) is 5.41 Å². The van der Waals surface area contributed by atoms with Crippen molar-refractivity contribution in [1.82, 2.24) is 4.90 Å². The van der Waals surface area contributed by atoms with Gasteiger partial charge in [-0.2, -0.15) is 0 Å². The summed E-state index contributed by atoms with van der Waals surface area (Å²) in [4.78, 5) is 13.1. The predicted molar refractivity (Wildman–Crippen MR) is 54.3 cm³/mol. The molecule has 0 aliphatic carbocycles. The number of carbonyl (C=O) groups is 1. The van der Waals surface area contributed by atoms with Gasteiger partial charge in [-0.05, 0) is 19.4 Å². The zero-order chi connectivity index (χ0) is 10.1. The predicted octanol–water partition coefficient (Wildman–Crippen LogP) is 1.99. The van der Waals surface area contributed by atoms with E-state index in [0.717, 1.165) is 25.1 Å². The van der Waals surface area contributed by atoms with Crippen LogP contribution >= 0.6 is 0 Å². The van der Waals surface area contributed by atoms with E-state index in [1.54, 1.807) is 0 Å². The molecule has 0 N–H and O–H groups in total. The molecule has 1 fully saturated rings. The summed E-state index contributed by atoms with van der Waals surface area (Å²) in [6.45, 7) is 13.2. The monoisotopic (exact) mass is 179 g/mol. The highest BCUT2D eigenvalue weighted by Gasteiger charge is 2.35. The fourth-order valence-electron chi connectivity index (χ4n) is 1.63. The lowest BCUT2D eigenvalue weighted by molar-refractivity contribution is -0.125. The molecule has 0 unspecified atom stereocenters. The van der Waals surface area contributed by atoms with Crippen molar-refractivity contribution < 1.29 is 4.79 Å². The third-order valence-electron chi connectivity index (χ3n) is 2.99. The average molecular weight is 179 g/mol. The summed E-state index contributed by atoms with van der Waals surface area (Å²) in [5.74, 6) is 0.0324. The van der Waals surface area contributed by atoms with Crippen molar-refractivity contribution in [3.05, 3.63) is 24.8 Å². The number of nitrogens with zero attached hydrogens (tertiary/aromatic N) is 1. The van der Waals surface area contributed by atoms with Crippen LogP contribution in [0, 0.1) is 5.41 Å². The standard InChI is InChI=1S/C11H17NO/c1-5-10(13)12-7-6-11(4,8-12)9(2)3/h5H,1-2,6-8H2,3-4H3/t11-/m0/s1. The van der Waals surface area contributed by atoms with Crippen molar-refractivity contribution in [3.8, 4) is 0 Å². The van der Waals surface area contributed by atoms with Crippen LogP contribution in [0.3, 0.4) is 0 Å². The Morgan fingerprint density at radius 3 is 2.62 bits per heavy atom. The highest BCUT2D eigenvalue weighted by molar-refractivity contribution is 5.87. The normalized spacial score (nSPS) is 27.4. The number of amides is 1. The molecule has 1 aliphatic rings. The minimum absolute atomic E-state index is 0.0324. The van der Waals surface area contributed by atoms with Crippen LogP contribution < -0.4 is 0 Å². The maximum absolute atomic E-state index is 11.3. The van der Waals surface area contributed by atoms with Gasteiger partial charge in [0.25, 0.3) is 0 Å². The first-order chi connectivity index (χ1) is 5.99. The van der Waals surface area contributed by atoms with Gasteiger partial charge in [0.15, 0.2) is 0 Å². The van der Waals surface area contributed by atoms with Crippen LogP contribution in [0.4, 0.5) is 0 Å². The van der Waals surface area contributed by atoms with E-state index in [1.807, 2.05) is 11.8 Å². The topological polar surface area (TPSA) is 20.3 Å². The molecule has 1 heterocycles. The van der Waals surface area contributed by atoms with Gasteiger partial charge in [0.1, 0.15) is 0 Å². The van der Waals surface area contributed by atoms with Crippen LogP contribution in [0.25, 0.3) is 0 Å². The summed E-state index contributed by atoms with van der Waals surface area (Å²) in [6.07, 6.45) is 2.39. The molecule has 1 amide bonds. The molecule has 0 bridgehead atoms. The summed E-state index contributed by atoms with van der Waals surface area (Å²) in [5, 5.41) is 0. The summed E-state index contributed by atoms with van der Waals surface area (Å²) in [7, 11) is 0. The van der Waals surface area contributed by atoms with Gasteiger partial charge >= 0.3 is 0 Å². The molecule has 0 spiro atoms. The summed E-state index contributed by atoms with van der Waals surface area (Å²) < 4.78 is 0. The number of hydrogen-bond donors (Lipinski definition) is 0. The molecule has 0 saturated carbocycles. The Labute approximate surface area is 79.9 Å². The van der Waals surface area contributed by atoms with E-state index in [0.29, 0.717) is 0 Å². The van der Waals surface area contributed by atoms with E-state index in [2.05, 4.69) is 20.1 Å². The smallest absolute Gasteiger partial charge is 0.245 e. The molecule has 0 aromatic rings. The number of hydrogen-bond acceptors (Lipinski definition) is 1. The molecular weight excluding hydrogens is 162 g/mol. The lowest BCUT2D eigenvalue weighted by Gasteiger charge is -2.24. The third-order valence-corrected chi connectivity index (χ3v) is 2.99. The van der Waals surface area contributed by atoms with E-state index in [4.69, 9.17) is 0 Å². The molecule has 2 heteroatoms. The zero-order valence-corrected chi connectivity index (χ0v) is 8.47. The van der Waals surface area contributed by atoms with Gasteiger partial charge in [-0.15, -0.1) is 0 Å². The van der Waals surface area contributed by atoms with E-state index in [1.165, 1.54) is 6.08 Å². The maximum atomic E-state index is 11.3. The number of likely N-dealkylation sites (tertiary alicyclic amines) is 1. The van der Waals surface area contributed by atoms with Gasteiger partial charge in [0.2, 0.25) is 5.91 Å². The highest BCUT2D eigenvalue weighted by atomic mass is 16.2. The Morgan fingerprint density at radius 1 is 1.62 bits per heavy atom. The lowest BCUT2D eigenvalue weighted by atomic mass is 9.83. The van der Waals surface area contributed by atoms with Gasteiger partial charge in [-0.1, -0.05) is 25.7 Å². The number of rotatable bonds is 2. The van der Waals surface area contributed by atoms with Crippen LogP contribution in [0.1, 0.15) is 20.3 Å². The average Bonchev–Trinajstić information content (AvgIpc) is 2.48. The minimum Gasteiger partial charge on any atom is -0.338 e. The molecule has 13 heavy (non-hydrogen) atoms. The molecule has 1 saturated heterocycles. The van der Waals surface area contributed by atoms with Crippen LogP contribution in [0.5, 0.6) is 0 Å². The Kier molecular flexibility index (Phi) is 2.60. The highest BCUT2D eigenvalue weighted by Crippen LogP contribution is 2.35. The van der Waals surface area contributed by atoms with Crippen LogP contribution in [-0.2, 0) is 4.79 Å². The molecule has 0 radical (unpaired) electrons. The molecule has 0 aromatic heterocycles. The second kappa shape index (κ2) is 3.36. The molecule has 0 aromatic carbocycles. The molecular formula is C11H17NO. The van der Waals surface area contributed by atoms with E-state index >= 15 is 0 Å². The first kappa shape index (κ1) is 10.0. The lowest BCUT2D eigenvalue weighted by Crippen LogP contribution is -2.29. The second-order valence-corrected chi connectivity index (χ2v) is 4.05. The molecule has 72 valence electrons. The van der Waals surface area contributed by atoms with Gasteiger partial charge < -0.3 is 4.90 Å². The summed E-state index contributed by atoms with van der Waals surface area (Å²) in [5.41, 5.74) is 1.27. The molecule has 2 nitrogen and oxygen atoms in total. The Hall–Kier alpha value is -1.05. The zero-order valence-electron chi connectivity index (χ0n) is 8.47. The van der Waals surface area contributed by atoms with Gasteiger partial charge in [-0.25, -0.2) is 0 Å². The Balaban J connectivity index is 2.68. The van der Waals surface area contributed by atoms with E-state index in [9.17, 15) is 4.79 Å². The molecule has 1 rings (SSSR count). The van der Waals surface area contributed by atoms with Gasteiger partial charge in [0.05, 0.1) is 0 Å². The fourth-order valence-corrected chi connectivity index (χ4v) is 1.63. The van der Waals surface area contributed by atoms with Crippen LogP contribution in [-0.4, -0.2) is 23.9 Å². The van der Waals surface area contributed by atoms with Gasteiger partial charge in [-0.3, -0.25) is 4.79 Å². The summed E-state index contributed by atoms with van der Waals surface area (Å²) in [6, 6.07) is 0.